The lowest BCUT2D eigenvalue weighted by Gasteiger charge is -2.04. The van der Waals surface area contributed by atoms with Crippen LogP contribution in [-0.4, -0.2) is 49.7 Å². The van der Waals surface area contributed by atoms with E-state index in [1.165, 1.54) is 6.08 Å². The summed E-state index contributed by atoms with van der Waals surface area (Å²) in [4.78, 5) is 11.3. The molecule has 5 heteroatoms. The molecule has 5 nitrogen and oxygen atoms in total. The smallest absolute Gasteiger partial charge is 0.330 e. The number of carbonyl (C=O) groups excluding carboxylic acids is 1. The van der Waals surface area contributed by atoms with E-state index in [1.807, 2.05) is 0 Å². The van der Waals surface area contributed by atoms with Crippen molar-refractivity contribution >= 4 is 5.97 Å². The summed E-state index contributed by atoms with van der Waals surface area (Å²) in [5, 5.41) is 8.52. The van der Waals surface area contributed by atoms with E-state index in [1.54, 1.807) is 0 Å². The normalized spacial score (nSPS) is 26.1. The molecule has 2 atom stereocenters. The van der Waals surface area contributed by atoms with Crippen LogP contribution >= 0.6 is 0 Å². The van der Waals surface area contributed by atoms with Gasteiger partial charge in [-0.2, -0.15) is 0 Å². The molecule has 2 rings (SSSR count). The van der Waals surface area contributed by atoms with Crippen LogP contribution in [0.1, 0.15) is 12.8 Å². The summed E-state index contributed by atoms with van der Waals surface area (Å²) in [7, 11) is 0. The van der Waals surface area contributed by atoms with E-state index in [2.05, 4.69) is 0 Å². The van der Waals surface area contributed by atoms with E-state index >= 15 is 0 Å². The molecule has 0 aromatic heterocycles. The van der Waals surface area contributed by atoms with Crippen molar-refractivity contribution in [2.24, 2.45) is 0 Å². The van der Waals surface area contributed by atoms with Gasteiger partial charge < -0.3 is 19.3 Å². The Labute approximate surface area is 94.0 Å². The molecule has 0 aliphatic carbocycles. The number of aliphatic hydroxyl groups excluding tert-OH is 1. The number of hydrogen-bond donors (Lipinski definition) is 1. The molecule has 2 heterocycles. The molecule has 90 valence electrons. The highest BCUT2D eigenvalue weighted by Gasteiger charge is 2.29. The van der Waals surface area contributed by atoms with Crippen molar-refractivity contribution in [2.75, 3.05) is 26.4 Å². The van der Waals surface area contributed by atoms with Gasteiger partial charge in [0.15, 0.2) is 0 Å². The van der Waals surface area contributed by atoms with Crippen LogP contribution in [0, 0.1) is 0 Å². The van der Waals surface area contributed by atoms with Crippen LogP contribution in [0.2, 0.25) is 0 Å². The Bertz CT molecular complexity index is 262. The van der Waals surface area contributed by atoms with Crippen LogP contribution < -0.4 is 0 Å². The van der Waals surface area contributed by atoms with Gasteiger partial charge in [-0.3, -0.25) is 0 Å². The van der Waals surface area contributed by atoms with Crippen molar-refractivity contribution in [2.45, 2.75) is 25.0 Å². The Balaban J connectivity index is 1.81. The molecule has 2 unspecified atom stereocenters. The van der Waals surface area contributed by atoms with Crippen LogP contribution in [-0.2, 0) is 19.0 Å². The van der Waals surface area contributed by atoms with Crippen LogP contribution in [0.5, 0.6) is 0 Å². The standard InChI is InChI=1S/C11H16O5/c12-1-2-14-11(13)5-8(3-9-6-15-9)4-10-7-16-10/h5,9-10,12H,1-4,6-7H2. The molecule has 2 saturated heterocycles. The van der Waals surface area contributed by atoms with E-state index in [4.69, 9.17) is 19.3 Å². The van der Waals surface area contributed by atoms with Crippen molar-refractivity contribution in [3.8, 4) is 0 Å². The second-order valence-corrected chi connectivity index (χ2v) is 4.01. The predicted octanol–water partition coefficient (Wildman–Crippen LogP) is 0.0261. The van der Waals surface area contributed by atoms with Gasteiger partial charge in [-0.25, -0.2) is 4.79 Å². The fourth-order valence-electron chi connectivity index (χ4n) is 1.51. The Hall–Kier alpha value is -0.910. The lowest BCUT2D eigenvalue weighted by molar-refractivity contribution is -0.138. The summed E-state index contributed by atoms with van der Waals surface area (Å²) in [5.74, 6) is -0.398. The monoisotopic (exact) mass is 228 g/mol. The van der Waals surface area contributed by atoms with Gasteiger partial charge in [0.05, 0.1) is 32.0 Å². The first kappa shape index (κ1) is 11.6. The first-order chi connectivity index (χ1) is 7.78. The van der Waals surface area contributed by atoms with E-state index in [9.17, 15) is 4.79 Å². The second-order valence-electron chi connectivity index (χ2n) is 4.01. The molecule has 2 fully saturated rings. The maximum absolute atomic E-state index is 11.3. The largest absolute Gasteiger partial charge is 0.460 e. The zero-order chi connectivity index (χ0) is 11.4. The third-order valence-electron chi connectivity index (χ3n) is 2.44. The number of ether oxygens (including phenoxy) is 3. The molecular formula is C11H16O5. The highest BCUT2D eigenvalue weighted by atomic mass is 16.6. The SMILES string of the molecule is O=C(C=C(CC1CO1)CC1CO1)OCCO. The van der Waals surface area contributed by atoms with E-state index < -0.39 is 5.97 Å². The highest BCUT2D eigenvalue weighted by molar-refractivity contribution is 5.82. The number of aliphatic hydroxyl groups is 1. The van der Waals surface area contributed by atoms with Gasteiger partial charge in [0, 0.05) is 6.08 Å². The minimum absolute atomic E-state index is 0.0441. The molecule has 0 saturated carbocycles. The van der Waals surface area contributed by atoms with Crippen LogP contribution in [0.4, 0.5) is 0 Å². The summed E-state index contributed by atoms with van der Waals surface area (Å²) in [6, 6.07) is 0. The van der Waals surface area contributed by atoms with Crippen molar-refractivity contribution in [1.82, 2.24) is 0 Å². The number of esters is 1. The summed E-state index contributed by atoms with van der Waals surface area (Å²) in [5.41, 5.74) is 1.01. The van der Waals surface area contributed by atoms with E-state index in [0.29, 0.717) is 0 Å². The Morgan fingerprint density at radius 2 is 1.88 bits per heavy atom. The predicted molar refractivity (Wildman–Crippen MR) is 54.8 cm³/mol. The third kappa shape index (κ3) is 4.30. The third-order valence-corrected chi connectivity index (χ3v) is 2.44. The molecule has 0 aromatic carbocycles. The quantitative estimate of drug-likeness (QED) is 0.378. The van der Waals surface area contributed by atoms with Crippen molar-refractivity contribution in [3.05, 3.63) is 11.6 Å². The zero-order valence-corrected chi connectivity index (χ0v) is 9.05. The summed E-state index contributed by atoms with van der Waals surface area (Å²) in [6.45, 7) is 1.44. The summed E-state index contributed by atoms with van der Waals surface area (Å²) in [6.07, 6.45) is 3.56. The molecule has 0 radical (unpaired) electrons. The maximum atomic E-state index is 11.3. The fraction of sp³-hybridized carbons (Fsp3) is 0.727. The molecule has 0 amide bonds. The molecule has 2 aliphatic rings. The Morgan fingerprint density at radius 3 is 2.31 bits per heavy atom. The van der Waals surface area contributed by atoms with Crippen molar-refractivity contribution in [1.29, 1.82) is 0 Å². The molecule has 0 aromatic rings. The summed E-state index contributed by atoms with van der Waals surface area (Å²) >= 11 is 0. The van der Waals surface area contributed by atoms with Crippen LogP contribution in [0.25, 0.3) is 0 Å². The fourth-order valence-corrected chi connectivity index (χ4v) is 1.51. The second kappa shape index (κ2) is 5.43. The molecule has 1 N–H and O–H groups in total. The number of rotatable bonds is 7. The van der Waals surface area contributed by atoms with E-state index in [0.717, 1.165) is 31.6 Å². The van der Waals surface area contributed by atoms with Gasteiger partial charge in [0.1, 0.15) is 6.61 Å². The molecular weight excluding hydrogens is 212 g/mol. The van der Waals surface area contributed by atoms with Crippen molar-refractivity contribution in [3.63, 3.8) is 0 Å². The minimum Gasteiger partial charge on any atom is -0.460 e. The Kier molecular flexibility index (Phi) is 3.93. The molecule has 2 aliphatic heterocycles. The maximum Gasteiger partial charge on any atom is 0.330 e. The molecule has 0 bridgehead atoms. The van der Waals surface area contributed by atoms with Gasteiger partial charge >= 0.3 is 5.97 Å². The van der Waals surface area contributed by atoms with Gasteiger partial charge in [0.2, 0.25) is 0 Å². The lowest BCUT2D eigenvalue weighted by atomic mass is 10.0. The average Bonchev–Trinajstić information content (AvgIpc) is 3.10. The number of hydrogen-bond acceptors (Lipinski definition) is 5. The van der Waals surface area contributed by atoms with Gasteiger partial charge in [-0.1, -0.05) is 5.57 Å². The van der Waals surface area contributed by atoms with Gasteiger partial charge in [-0.15, -0.1) is 0 Å². The number of epoxide rings is 2. The topological polar surface area (TPSA) is 71.6 Å². The van der Waals surface area contributed by atoms with Gasteiger partial charge in [-0.05, 0) is 12.8 Å². The first-order valence-electron chi connectivity index (χ1n) is 5.48. The van der Waals surface area contributed by atoms with Crippen LogP contribution in [0.3, 0.4) is 0 Å². The highest BCUT2D eigenvalue weighted by Crippen LogP contribution is 2.26. The zero-order valence-electron chi connectivity index (χ0n) is 9.05. The molecule has 16 heavy (non-hydrogen) atoms. The lowest BCUT2D eigenvalue weighted by Crippen LogP contribution is -2.07. The summed E-state index contributed by atoms with van der Waals surface area (Å²) < 4.78 is 15.0. The van der Waals surface area contributed by atoms with Crippen LogP contribution in [0.15, 0.2) is 11.6 Å². The number of carbonyl (C=O) groups is 1. The minimum atomic E-state index is -0.398. The average molecular weight is 228 g/mol. The first-order valence-corrected chi connectivity index (χ1v) is 5.48. The van der Waals surface area contributed by atoms with Gasteiger partial charge in [0.25, 0.3) is 0 Å². The Morgan fingerprint density at radius 1 is 1.31 bits per heavy atom. The molecule has 0 spiro atoms. The van der Waals surface area contributed by atoms with E-state index in [-0.39, 0.29) is 25.4 Å². The van der Waals surface area contributed by atoms with Crippen molar-refractivity contribution < 1.29 is 24.1 Å².